The van der Waals surface area contributed by atoms with Gasteiger partial charge in [-0.1, -0.05) is 17.7 Å². The van der Waals surface area contributed by atoms with E-state index >= 15 is 0 Å². The Morgan fingerprint density at radius 3 is 3.00 bits per heavy atom. The lowest BCUT2D eigenvalue weighted by molar-refractivity contribution is 0.199. The summed E-state index contributed by atoms with van der Waals surface area (Å²) in [6, 6.07) is 5.62. The standard InChI is InChI=1S/C10H12ClNOS/c11-8-2-1-3-9(12)10(8)14-7-4-5-13-6-7/h1-3,7H,4-6,12H2. The van der Waals surface area contributed by atoms with E-state index in [0.29, 0.717) is 5.25 Å². The largest absolute Gasteiger partial charge is 0.398 e. The minimum Gasteiger partial charge on any atom is -0.398 e. The summed E-state index contributed by atoms with van der Waals surface area (Å²) in [5.41, 5.74) is 6.61. The molecule has 1 aliphatic rings. The summed E-state index contributed by atoms with van der Waals surface area (Å²) in [5.74, 6) is 0. The van der Waals surface area contributed by atoms with Gasteiger partial charge in [0.05, 0.1) is 11.6 Å². The molecule has 1 aromatic rings. The van der Waals surface area contributed by atoms with Gasteiger partial charge in [0.2, 0.25) is 0 Å². The number of hydrogen-bond acceptors (Lipinski definition) is 3. The number of nitrogens with two attached hydrogens (primary N) is 1. The van der Waals surface area contributed by atoms with Crippen molar-refractivity contribution in [1.29, 1.82) is 0 Å². The zero-order valence-corrected chi connectivity index (χ0v) is 9.27. The maximum atomic E-state index is 6.07. The molecule has 0 radical (unpaired) electrons. The van der Waals surface area contributed by atoms with Crippen molar-refractivity contribution in [2.75, 3.05) is 18.9 Å². The van der Waals surface area contributed by atoms with Crippen molar-refractivity contribution in [3.8, 4) is 0 Å². The van der Waals surface area contributed by atoms with Crippen LogP contribution in [0.25, 0.3) is 0 Å². The van der Waals surface area contributed by atoms with Gasteiger partial charge in [0.15, 0.2) is 0 Å². The minimum absolute atomic E-state index is 0.497. The summed E-state index contributed by atoms with van der Waals surface area (Å²) in [6.07, 6.45) is 1.08. The highest BCUT2D eigenvalue weighted by Crippen LogP contribution is 2.37. The number of hydrogen-bond donors (Lipinski definition) is 1. The van der Waals surface area contributed by atoms with Crippen molar-refractivity contribution in [2.24, 2.45) is 0 Å². The van der Waals surface area contributed by atoms with Crippen LogP contribution >= 0.6 is 23.4 Å². The van der Waals surface area contributed by atoms with Crippen molar-refractivity contribution in [3.63, 3.8) is 0 Å². The molecule has 0 aliphatic carbocycles. The maximum Gasteiger partial charge on any atom is 0.0589 e. The van der Waals surface area contributed by atoms with Gasteiger partial charge in [-0.25, -0.2) is 0 Å². The Kier molecular flexibility index (Phi) is 3.21. The van der Waals surface area contributed by atoms with E-state index in [2.05, 4.69) is 0 Å². The second kappa shape index (κ2) is 4.43. The number of benzene rings is 1. The predicted molar refractivity (Wildman–Crippen MR) is 60.9 cm³/mol. The van der Waals surface area contributed by atoms with Crippen LogP contribution in [0.3, 0.4) is 0 Å². The first-order valence-electron chi connectivity index (χ1n) is 4.56. The van der Waals surface area contributed by atoms with E-state index < -0.39 is 0 Å². The van der Waals surface area contributed by atoms with Gasteiger partial charge in [0, 0.05) is 22.4 Å². The summed E-state index contributed by atoms with van der Waals surface area (Å²) >= 11 is 7.79. The Balaban J connectivity index is 2.14. The number of halogens is 1. The van der Waals surface area contributed by atoms with Gasteiger partial charge < -0.3 is 10.5 Å². The van der Waals surface area contributed by atoms with Crippen LogP contribution in [-0.2, 0) is 4.74 Å². The van der Waals surface area contributed by atoms with Crippen LogP contribution in [0.2, 0.25) is 5.02 Å². The van der Waals surface area contributed by atoms with Crippen LogP contribution in [0.5, 0.6) is 0 Å². The molecule has 1 heterocycles. The average Bonchev–Trinajstić information content (AvgIpc) is 2.64. The molecule has 1 saturated heterocycles. The molecule has 0 bridgehead atoms. The molecular weight excluding hydrogens is 218 g/mol. The highest BCUT2D eigenvalue weighted by molar-refractivity contribution is 8.00. The van der Waals surface area contributed by atoms with E-state index in [1.54, 1.807) is 11.8 Å². The average molecular weight is 230 g/mol. The highest BCUT2D eigenvalue weighted by Gasteiger charge is 2.19. The smallest absolute Gasteiger partial charge is 0.0589 e. The van der Waals surface area contributed by atoms with Crippen molar-refractivity contribution < 1.29 is 4.74 Å². The van der Waals surface area contributed by atoms with Gasteiger partial charge in [0.1, 0.15) is 0 Å². The van der Waals surface area contributed by atoms with Crippen LogP contribution in [-0.4, -0.2) is 18.5 Å². The zero-order valence-electron chi connectivity index (χ0n) is 7.70. The van der Waals surface area contributed by atoms with Crippen molar-refractivity contribution >= 4 is 29.1 Å². The van der Waals surface area contributed by atoms with Gasteiger partial charge in [-0.05, 0) is 18.6 Å². The fraction of sp³-hybridized carbons (Fsp3) is 0.400. The third-order valence-corrected chi connectivity index (χ3v) is 3.99. The first kappa shape index (κ1) is 10.1. The lowest BCUT2D eigenvalue weighted by Gasteiger charge is -2.11. The zero-order chi connectivity index (χ0) is 9.97. The molecule has 14 heavy (non-hydrogen) atoms. The number of rotatable bonds is 2. The molecule has 0 amide bonds. The van der Waals surface area contributed by atoms with Gasteiger partial charge in [0.25, 0.3) is 0 Å². The Labute approximate surface area is 92.8 Å². The molecule has 0 spiro atoms. The third-order valence-electron chi connectivity index (χ3n) is 2.17. The molecule has 1 unspecified atom stereocenters. The molecule has 1 fully saturated rings. The molecule has 2 nitrogen and oxygen atoms in total. The van der Waals surface area contributed by atoms with Crippen LogP contribution < -0.4 is 5.73 Å². The Morgan fingerprint density at radius 2 is 2.36 bits per heavy atom. The van der Waals surface area contributed by atoms with Crippen LogP contribution in [0.1, 0.15) is 6.42 Å². The molecule has 2 N–H and O–H groups in total. The first-order chi connectivity index (χ1) is 6.77. The lowest BCUT2D eigenvalue weighted by Crippen LogP contribution is -2.01. The van der Waals surface area contributed by atoms with E-state index in [0.717, 1.165) is 35.2 Å². The predicted octanol–water partition coefficient (Wildman–Crippen LogP) is 2.80. The third kappa shape index (κ3) is 2.16. The van der Waals surface area contributed by atoms with E-state index in [4.69, 9.17) is 22.1 Å². The summed E-state index contributed by atoms with van der Waals surface area (Å²) in [6.45, 7) is 1.65. The van der Waals surface area contributed by atoms with Crippen LogP contribution in [0, 0.1) is 0 Å². The molecule has 76 valence electrons. The van der Waals surface area contributed by atoms with E-state index in [1.807, 2.05) is 18.2 Å². The minimum atomic E-state index is 0.497. The van der Waals surface area contributed by atoms with Crippen molar-refractivity contribution in [1.82, 2.24) is 0 Å². The van der Waals surface area contributed by atoms with Gasteiger partial charge in [-0.2, -0.15) is 0 Å². The Morgan fingerprint density at radius 1 is 1.50 bits per heavy atom. The number of ether oxygens (including phenoxy) is 1. The monoisotopic (exact) mass is 229 g/mol. The molecule has 1 atom stereocenters. The van der Waals surface area contributed by atoms with Crippen LogP contribution in [0.15, 0.2) is 23.1 Å². The van der Waals surface area contributed by atoms with Crippen molar-refractivity contribution in [3.05, 3.63) is 23.2 Å². The van der Waals surface area contributed by atoms with E-state index in [-0.39, 0.29) is 0 Å². The van der Waals surface area contributed by atoms with Gasteiger partial charge in [-0.15, -0.1) is 11.8 Å². The molecule has 0 aromatic heterocycles. The lowest BCUT2D eigenvalue weighted by atomic mass is 10.3. The fourth-order valence-electron chi connectivity index (χ4n) is 1.42. The SMILES string of the molecule is Nc1cccc(Cl)c1SC1CCOC1. The molecule has 0 saturated carbocycles. The highest BCUT2D eigenvalue weighted by atomic mass is 35.5. The Hall–Kier alpha value is -0.380. The van der Waals surface area contributed by atoms with Gasteiger partial charge in [-0.3, -0.25) is 0 Å². The normalized spacial score (nSPS) is 21.4. The Bertz CT molecular complexity index is 306. The number of nitrogen functional groups attached to an aromatic ring is 1. The number of anilines is 1. The second-order valence-corrected chi connectivity index (χ2v) is 4.98. The molecule has 1 aliphatic heterocycles. The molecule has 2 rings (SSSR count). The maximum absolute atomic E-state index is 6.07. The van der Waals surface area contributed by atoms with E-state index in [1.165, 1.54) is 0 Å². The topological polar surface area (TPSA) is 35.2 Å². The van der Waals surface area contributed by atoms with Crippen LogP contribution in [0.4, 0.5) is 5.69 Å². The van der Waals surface area contributed by atoms with E-state index in [9.17, 15) is 0 Å². The summed E-state index contributed by atoms with van der Waals surface area (Å²) in [7, 11) is 0. The molecular formula is C10H12ClNOS. The summed E-state index contributed by atoms with van der Waals surface area (Å²) in [5, 5.41) is 1.24. The molecule has 4 heteroatoms. The fourth-order valence-corrected chi connectivity index (χ4v) is 2.83. The summed E-state index contributed by atoms with van der Waals surface area (Å²) < 4.78 is 5.30. The molecule has 1 aromatic carbocycles. The first-order valence-corrected chi connectivity index (χ1v) is 5.81. The second-order valence-electron chi connectivity index (χ2n) is 3.26. The number of thioether (sulfide) groups is 1. The van der Waals surface area contributed by atoms with Gasteiger partial charge >= 0.3 is 0 Å². The summed E-state index contributed by atoms with van der Waals surface area (Å²) in [4.78, 5) is 0.990. The quantitative estimate of drug-likeness (QED) is 0.793. The van der Waals surface area contributed by atoms with Crippen molar-refractivity contribution in [2.45, 2.75) is 16.6 Å².